The van der Waals surface area contributed by atoms with Gasteiger partial charge in [-0.3, -0.25) is 14.2 Å². The van der Waals surface area contributed by atoms with E-state index in [0.29, 0.717) is 47.5 Å². The Morgan fingerprint density at radius 2 is 2.06 bits per heavy atom. The Hall–Kier alpha value is -3.50. The number of amides is 1. The summed E-state index contributed by atoms with van der Waals surface area (Å²) in [5, 5.41) is 4.17. The highest BCUT2D eigenvalue weighted by Crippen LogP contribution is 2.32. The minimum Gasteiger partial charge on any atom is -0.454 e. The van der Waals surface area contributed by atoms with Crippen LogP contribution in [-0.4, -0.2) is 40.7 Å². The van der Waals surface area contributed by atoms with E-state index in [1.165, 1.54) is 11.8 Å². The summed E-state index contributed by atoms with van der Waals surface area (Å²) < 4.78 is 23.9. The Bertz CT molecular complexity index is 1470. The van der Waals surface area contributed by atoms with Gasteiger partial charge in [0.05, 0.1) is 18.4 Å². The zero-order valence-electron chi connectivity index (χ0n) is 18.8. The lowest BCUT2D eigenvalue weighted by Gasteiger charge is -2.15. The molecule has 1 N–H and O–H groups in total. The third-order valence-electron chi connectivity index (χ3n) is 6.12. The number of para-hydroxylation sites is 1. The molecular weight excluding hydrogens is 470 g/mol. The fourth-order valence-electron chi connectivity index (χ4n) is 4.35. The fraction of sp³-hybridized carbons (Fsp3) is 0.320. The lowest BCUT2D eigenvalue weighted by atomic mass is 10.2. The maximum atomic E-state index is 13.4. The quantitative estimate of drug-likeness (QED) is 0.308. The number of nitrogens with zero attached hydrogens (tertiary/aromatic N) is 2. The Morgan fingerprint density at radius 3 is 2.94 bits per heavy atom. The number of thioether (sulfide) groups is 1. The molecule has 4 heterocycles. The van der Waals surface area contributed by atoms with E-state index in [2.05, 4.69) is 5.32 Å². The van der Waals surface area contributed by atoms with Gasteiger partial charge in [-0.05, 0) is 42.7 Å². The van der Waals surface area contributed by atoms with Gasteiger partial charge in [0.15, 0.2) is 16.7 Å². The highest BCUT2D eigenvalue weighted by Gasteiger charge is 2.23. The van der Waals surface area contributed by atoms with Crippen LogP contribution in [0, 0.1) is 0 Å². The zero-order chi connectivity index (χ0) is 23.8. The predicted molar refractivity (Wildman–Crippen MR) is 130 cm³/mol. The first-order valence-electron chi connectivity index (χ1n) is 11.5. The highest BCUT2D eigenvalue weighted by atomic mass is 32.2. The van der Waals surface area contributed by atoms with E-state index in [9.17, 15) is 9.59 Å². The van der Waals surface area contributed by atoms with Gasteiger partial charge in [0.25, 0.3) is 5.56 Å². The van der Waals surface area contributed by atoms with E-state index in [0.717, 1.165) is 23.8 Å². The maximum Gasteiger partial charge on any atom is 0.297 e. The third kappa shape index (κ3) is 4.35. The molecular formula is C25H23N3O6S. The number of ether oxygens (including phenoxy) is 3. The number of aromatic nitrogens is 2. The van der Waals surface area contributed by atoms with Gasteiger partial charge in [0.2, 0.25) is 18.3 Å². The van der Waals surface area contributed by atoms with E-state index in [4.69, 9.17) is 23.6 Å². The molecule has 2 aliphatic rings. The van der Waals surface area contributed by atoms with Crippen molar-refractivity contribution in [2.45, 2.75) is 37.2 Å². The molecule has 2 aromatic carbocycles. The van der Waals surface area contributed by atoms with E-state index in [1.54, 1.807) is 4.57 Å². The minimum absolute atomic E-state index is 0.0597. The fourth-order valence-corrected chi connectivity index (χ4v) is 5.18. The number of hydrogen-bond donors (Lipinski definition) is 1. The van der Waals surface area contributed by atoms with Crippen molar-refractivity contribution in [1.82, 2.24) is 14.9 Å². The number of rotatable bonds is 7. The van der Waals surface area contributed by atoms with Crippen LogP contribution < -0.4 is 20.3 Å². The van der Waals surface area contributed by atoms with Gasteiger partial charge in [-0.25, -0.2) is 4.98 Å². The lowest BCUT2D eigenvalue weighted by Crippen LogP contribution is -2.29. The minimum atomic E-state index is -0.259. The van der Waals surface area contributed by atoms with Crippen LogP contribution >= 0.6 is 11.8 Å². The van der Waals surface area contributed by atoms with Gasteiger partial charge in [-0.1, -0.05) is 30.0 Å². The first-order chi connectivity index (χ1) is 17.2. The van der Waals surface area contributed by atoms with Crippen LogP contribution in [-0.2, 0) is 22.6 Å². The molecule has 1 amide bonds. The topological polar surface area (TPSA) is 105 Å². The standard InChI is InChI=1S/C25H23N3O6S/c29-21(26-11-15-7-8-19-20(10-15)33-14-32-19)13-35-25-27-22-17-5-1-2-6-18(17)34-23(22)24(30)28(25)12-16-4-3-9-31-16/h1-2,5-8,10,16H,3-4,9,11-14H2,(H,26,29)/t16-/m0/s1. The predicted octanol–water partition coefficient (Wildman–Crippen LogP) is 3.46. The number of hydrogen-bond acceptors (Lipinski definition) is 8. The first kappa shape index (κ1) is 22.0. The van der Waals surface area contributed by atoms with Crippen LogP contribution in [0.3, 0.4) is 0 Å². The summed E-state index contributed by atoms with van der Waals surface area (Å²) in [6.45, 7) is 1.63. The normalized spacial score (nSPS) is 16.9. The Labute approximate surface area is 204 Å². The summed E-state index contributed by atoms with van der Waals surface area (Å²) in [6.07, 6.45) is 1.78. The SMILES string of the molecule is O=C(CSc1nc2c(oc3ccccc32)c(=O)n1C[C@@H]1CCCO1)NCc1ccc2c(c1)OCO2. The Morgan fingerprint density at radius 1 is 1.17 bits per heavy atom. The van der Waals surface area contributed by atoms with Crippen LogP contribution in [0.1, 0.15) is 18.4 Å². The van der Waals surface area contributed by atoms with Gasteiger partial charge >= 0.3 is 0 Å². The molecule has 180 valence electrons. The average molecular weight is 494 g/mol. The van der Waals surface area contributed by atoms with Gasteiger partial charge in [-0.2, -0.15) is 0 Å². The smallest absolute Gasteiger partial charge is 0.297 e. The summed E-state index contributed by atoms with van der Waals surface area (Å²) in [5.41, 5.74) is 2.00. The molecule has 0 unspecified atom stereocenters. The van der Waals surface area contributed by atoms with Gasteiger partial charge in [-0.15, -0.1) is 0 Å². The van der Waals surface area contributed by atoms with Crippen molar-refractivity contribution in [3.63, 3.8) is 0 Å². The lowest BCUT2D eigenvalue weighted by molar-refractivity contribution is -0.118. The summed E-state index contributed by atoms with van der Waals surface area (Å²) >= 11 is 1.23. The summed E-state index contributed by atoms with van der Waals surface area (Å²) in [6, 6.07) is 13.0. The first-order valence-corrected chi connectivity index (χ1v) is 12.5. The molecule has 6 rings (SSSR count). The van der Waals surface area contributed by atoms with E-state index in [-0.39, 0.29) is 35.7 Å². The molecule has 0 spiro atoms. The van der Waals surface area contributed by atoms with Gasteiger partial charge in [0.1, 0.15) is 11.1 Å². The van der Waals surface area contributed by atoms with Crippen LogP contribution in [0.15, 0.2) is 56.8 Å². The monoisotopic (exact) mass is 493 g/mol. The molecule has 35 heavy (non-hydrogen) atoms. The molecule has 4 aromatic rings. The van der Waals surface area contributed by atoms with Gasteiger partial charge in [0, 0.05) is 18.5 Å². The zero-order valence-corrected chi connectivity index (χ0v) is 19.6. The van der Waals surface area contributed by atoms with Crippen molar-refractivity contribution in [3.05, 3.63) is 58.4 Å². The molecule has 2 aromatic heterocycles. The maximum absolute atomic E-state index is 13.4. The molecule has 0 aliphatic carbocycles. The third-order valence-corrected chi connectivity index (χ3v) is 7.09. The van der Waals surface area contributed by atoms with Crippen molar-refractivity contribution in [2.24, 2.45) is 0 Å². The van der Waals surface area contributed by atoms with Crippen molar-refractivity contribution >= 4 is 39.7 Å². The van der Waals surface area contributed by atoms with Crippen LogP contribution in [0.4, 0.5) is 0 Å². The number of benzene rings is 2. The number of fused-ring (bicyclic) bond motifs is 4. The number of nitrogens with one attached hydrogen (secondary N) is 1. The van der Waals surface area contributed by atoms with Crippen molar-refractivity contribution in [1.29, 1.82) is 0 Å². The second kappa shape index (κ2) is 9.27. The molecule has 1 atom stereocenters. The summed E-state index contributed by atoms with van der Waals surface area (Å²) in [5.74, 6) is 1.33. The van der Waals surface area contributed by atoms with Crippen LogP contribution in [0.25, 0.3) is 22.1 Å². The van der Waals surface area contributed by atoms with Crippen molar-refractivity contribution in [3.8, 4) is 11.5 Å². The summed E-state index contributed by atoms with van der Waals surface area (Å²) in [4.78, 5) is 30.8. The van der Waals surface area contributed by atoms with Crippen molar-refractivity contribution in [2.75, 3.05) is 19.2 Å². The molecule has 0 saturated carbocycles. The van der Waals surface area contributed by atoms with E-state index >= 15 is 0 Å². The molecule has 1 fully saturated rings. The second-order valence-corrected chi connectivity index (χ2v) is 9.42. The second-order valence-electron chi connectivity index (χ2n) is 8.47. The van der Waals surface area contributed by atoms with E-state index < -0.39 is 0 Å². The Kier molecular flexibility index (Phi) is 5.83. The Balaban J connectivity index is 1.22. The molecule has 9 nitrogen and oxygen atoms in total. The molecule has 0 radical (unpaired) electrons. The molecule has 1 saturated heterocycles. The number of carbonyl (C=O) groups is 1. The van der Waals surface area contributed by atoms with E-state index in [1.807, 2.05) is 42.5 Å². The summed E-state index contributed by atoms with van der Waals surface area (Å²) in [7, 11) is 0. The molecule has 10 heteroatoms. The van der Waals surface area contributed by atoms with Gasteiger partial charge < -0.3 is 23.9 Å². The van der Waals surface area contributed by atoms with Crippen LogP contribution in [0.5, 0.6) is 11.5 Å². The molecule has 0 bridgehead atoms. The van der Waals surface area contributed by atoms with Crippen molar-refractivity contribution < 1.29 is 23.4 Å². The largest absolute Gasteiger partial charge is 0.454 e. The average Bonchev–Trinajstić information content (AvgIpc) is 3.63. The highest BCUT2D eigenvalue weighted by molar-refractivity contribution is 7.99. The number of carbonyl (C=O) groups excluding carboxylic acids is 1. The van der Waals surface area contributed by atoms with Crippen LogP contribution in [0.2, 0.25) is 0 Å². The molecule has 2 aliphatic heterocycles. The number of furan rings is 1.